The number of anilines is 3. The predicted molar refractivity (Wildman–Crippen MR) is 130 cm³/mol. The van der Waals surface area contributed by atoms with E-state index in [1.165, 1.54) is 30.6 Å². The molecule has 0 fully saturated rings. The fraction of sp³-hybridized carbons (Fsp3) is 0.0833. The maximum atomic E-state index is 12.7. The topological polar surface area (TPSA) is 97.4 Å². The molecule has 0 unspecified atom stereocenters. The van der Waals surface area contributed by atoms with Gasteiger partial charge in [-0.15, -0.1) is 0 Å². The van der Waals surface area contributed by atoms with Gasteiger partial charge in [-0.2, -0.15) is 0 Å². The lowest BCUT2D eigenvalue weighted by atomic mass is 10.0. The summed E-state index contributed by atoms with van der Waals surface area (Å²) in [6.07, 6.45) is 1.55. The van der Waals surface area contributed by atoms with Crippen LogP contribution in [0.4, 0.5) is 16.5 Å². The first-order valence-corrected chi connectivity index (χ1v) is 12.3. The number of ketones is 1. The zero-order chi connectivity index (χ0) is 23.4. The lowest BCUT2D eigenvalue weighted by Crippen LogP contribution is -2.12. The molecule has 0 aliphatic carbocycles. The van der Waals surface area contributed by atoms with Crippen LogP contribution in [-0.2, 0) is 10.0 Å². The van der Waals surface area contributed by atoms with E-state index < -0.39 is 10.0 Å². The van der Waals surface area contributed by atoms with Crippen molar-refractivity contribution in [1.29, 1.82) is 0 Å². The van der Waals surface area contributed by atoms with Crippen molar-refractivity contribution in [2.24, 2.45) is 0 Å². The molecule has 0 bridgehead atoms. The van der Waals surface area contributed by atoms with E-state index in [0.29, 0.717) is 32.7 Å². The largest absolute Gasteiger partial charge is 0.497 e. The average molecular weight is 480 g/mol. The highest BCUT2D eigenvalue weighted by atomic mass is 32.2. The number of thiazole rings is 1. The number of carbonyl (C=O) groups is 1. The zero-order valence-corrected chi connectivity index (χ0v) is 19.5. The Labute approximate surface area is 196 Å². The number of nitrogens with one attached hydrogen (secondary N) is 2. The molecule has 0 spiro atoms. The van der Waals surface area contributed by atoms with Crippen LogP contribution in [0.5, 0.6) is 5.75 Å². The number of hydrogen-bond donors (Lipinski definition) is 2. The highest BCUT2D eigenvalue weighted by Crippen LogP contribution is 2.27. The van der Waals surface area contributed by atoms with Crippen molar-refractivity contribution in [3.63, 3.8) is 0 Å². The van der Waals surface area contributed by atoms with Crippen LogP contribution >= 0.6 is 11.3 Å². The molecule has 3 aromatic carbocycles. The van der Waals surface area contributed by atoms with E-state index >= 15 is 0 Å². The first-order valence-electron chi connectivity index (χ1n) is 9.96. The van der Waals surface area contributed by atoms with E-state index in [-0.39, 0.29) is 10.7 Å². The third-order valence-electron chi connectivity index (χ3n) is 4.88. The van der Waals surface area contributed by atoms with Gasteiger partial charge in [0.1, 0.15) is 5.75 Å². The normalized spacial score (nSPS) is 11.1. The molecule has 7 nitrogen and oxygen atoms in total. The van der Waals surface area contributed by atoms with Crippen LogP contribution in [0.25, 0.3) is 0 Å². The van der Waals surface area contributed by atoms with Gasteiger partial charge in [0.25, 0.3) is 10.0 Å². The lowest BCUT2D eigenvalue weighted by Gasteiger charge is -2.10. The molecule has 0 atom stereocenters. The summed E-state index contributed by atoms with van der Waals surface area (Å²) in [5.41, 5.74) is 2.71. The van der Waals surface area contributed by atoms with E-state index in [0.717, 1.165) is 5.56 Å². The monoisotopic (exact) mass is 479 g/mol. The highest BCUT2D eigenvalue weighted by Gasteiger charge is 2.16. The molecule has 0 radical (unpaired) electrons. The number of ether oxygens (including phenoxy) is 1. The SMILES string of the molecule is COc1ccc(S(=O)(=O)Nc2ccc(Nc3ncc(C(=O)c4ccccc4C)s3)cc2)cc1. The van der Waals surface area contributed by atoms with Gasteiger partial charge in [0.05, 0.1) is 23.1 Å². The second-order valence-electron chi connectivity index (χ2n) is 7.16. The molecule has 1 aromatic heterocycles. The van der Waals surface area contributed by atoms with E-state index in [1.807, 2.05) is 25.1 Å². The lowest BCUT2D eigenvalue weighted by molar-refractivity contribution is 0.104. The van der Waals surface area contributed by atoms with E-state index in [2.05, 4.69) is 15.0 Å². The van der Waals surface area contributed by atoms with Gasteiger partial charge < -0.3 is 10.1 Å². The van der Waals surface area contributed by atoms with Crippen LogP contribution in [0, 0.1) is 6.92 Å². The second-order valence-corrected chi connectivity index (χ2v) is 9.87. The van der Waals surface area contributed by atoms with Crippen LogP contribution in [0.15, 0.2) is 83.9 Å². The maximum absolute atomic E-state index is 12.7. The molecule has 33 heavy (non-hydrogen) atoms. The molecule has 4 rings (SSSR count). The summed E-state index contributed by atoms with van der Waals surface area (Å²) in [5.74, 6) is 0.511. The van der Waals surface area contributed by atoms with Crippen LogP contribution in [0.1, 0.15) is 20.8 Å². The Balaban J connectivity index is 1.43. The third-order valence-corrected chi connectivity index (χ3v) is 7.19. The number of methoxy groups -OCH3 is 1. The minimum atomic E-state index is -3.72. The van der Waals surface area contributed by atoms with E-state index in [9.17, 15) is 13.2 Å². The van der Waals surface area contributed by atoms with Crippen molar-refractivity contribution >= 4 is 43.6 Å². The van der Waals surface area contributed by atoms with Crippen LogP contribution < -0.4 is 14.8 Å². The first-order chi connectivity index (χ1) is 15.9. The first kappa shape index (κ1) is 22.5. The second kappa shape index (κ2) is 9.43. The Bertz CT molecular complexity index is 1380. The Kier molecular flexibility index (Phi) is 6.43. The molecule has 2 N–H and O–H groups in total. The van der Waals surface area contributed by atoms with E-state index in [4.69, 9.17) is 4.74 Å². The number of carbonyl (C=O) groups excluding carboxylic acids is 1. The molecular formula is C24H21N3O4S2. The van der Waals surface area contributed by atoms with Crippen molar-refractivity contribution < 1.29 is 17.9 Å². The molecule has 0 saturated heterocycles. The Morgan fingerprint density at radius 2 is 1.61 bits per heavy atom. The van der Waals surface area contributed by atoms with Gasteiger partial charge in [-0.25, -0.2) is 13.4 Å². The number of aryl methyl sites for hydroxylation is 1. The van der Waals surface area contributed by atoms with Crippen molar-refractivity contribution in [2.45, 2.75) is 11.8 Å². The van der Waals surface area contributed by atoms with Gasteiger partial charge in [-0.05, 0) is 61.0 Å². The quantitative estimate of drug-likeness (QED) is 0.336. The Hall–Kier alpha value is -3.69. The predicted octanol–water partition coefficient (Wildman–Crippen LogP) is 5.24. The number of aromatic nitrogens is 1. The number of hydrogen-bond acceptors (Lipinski definition) is 7. The van der Waals surface area contributed by atoms with Crippen LogP contribution in [0.2, 0.25) is 0 Å². The molecule has 0 amide bonds. The molecule has 1 heterocycles. The summed E-state index contributed by atoms with van der Waals surface area (Å²) in [6.45, 7) is 1.90. The maximum Gasteiger partial charge on any atom is 0.261 e. The number of benzene rings is 3. The fourth-order valence-electron chi connectivity index (χ4n) is 3.11. The van der Waals surface area contributed by atoms with Gasteiger partial charge in [0, 0.05) is 16.9 Å². The summed E-state index contributed by atoms with van der Waals surface area (Å²) < 4.78 is 32.8. The smallest absolute Gasteiger partial charge is 0.261 e. The molecular weight excluding hydrogens is 458 g/mol. The summed E-state index contributed by atoms with van der Waals surface area (Å²) in [6, 6.07) is 20.3. The average Bonchev–Trinajstić information content (AvgIpc) is 3.28. The Morgan fingerprint density at radius 1 is 0.939 bits per heavy atom. The minimum Gasteiger partial charge on any atom is -0.497 e. The Morgan fingerprint density at radius 3 is 2.27 bits per heavy atom. The fourth-order valence-corrected chi connectivity index (χ4v) is 4.96. The summed E-state index contributed by atoms with van der Waals surface area (Å²) in [4.78, 5) is 17.7. The van der Waals surface area contributed by atoms with E-state index in [1.54, 1.807) is 48.7 Å². The van der Waals surface area contributed by atoms with Gasteiger partial charge >= 0.3 is 0 Å². The molecule has 4 aromatic rings. The minimum absolute atomic E-state index is 0.0677. The molecule has 0 saturated carbocycles. The molecule has 0 aliphatic rings. The third kappa shape index (κ3) is 5.21. The van der Waals surface area contributed by atoms with Crippen molar-refractivity contribution in [3.8, 4) is 5.75 Å². The summed E-state index contributed by atoms with van der Waals surface area (Å²) >= 11 is 1.26. The van der Waals surface area contributed by atoms with Crippen LogP contribution in [0.3, 0.4) is 0 Å². The van der Waals surface area contributed by atoms with Gasteiger partial charge in [-0.3, -0.25) is 9.52 Å². The highest BCUT2D eigenvalue weighted by molar-refractivity contribution is 7.92. The van der Waals surface area contributed by atoms with Gasteiger partial charge in [-0.1, -0.05) is 35.6 Å². The standard InChI is InChI=1S/C24H21N3O4S2/c1-16-5-3-4-6-21(16)23(28)22-15-25-24(32-22)26-17-7-9-18(10-8-17)27-33(29,30)20-13-11-19(31-2)12-14-20/h3-15,27H,1-2H3,(H,25,26). The summed E-state index contributed by atoms with van der Waals surface area (Å²) in [5, 5.41) is 3.71. The number of rotatable bonds is 8. The van der Waals surface area contributed by atoms with Crippen molar-refractivity contribution in [2.75, 3.05) is 17.1 Å². The molecule has 0 aliphatic heterocycles. The number of sulfonamides is 1. The molecule has 168 valence electrons. The number of nitrogens with zero attached hydrogens (tertiary/aromatic N) is 1. The van der Waals surface area contributed by atoms with Crippen molar-refractivity contribution in [1.82, 2.24) is 4.98 Å². The summed E-state index contributed by atoms with van der Waals surface area (Å²) in [7, 11) is -2.20. The molecule has 9 heteroatoms. The zero-order valence-electron chi connectivity index (χ0n) is 17.9. The van der Waals surface area contributed by atoms with Crippen LogP contribution in [-0.4, -0.2) is 26.3 Å². The van der Waals surface area contributed by atoms with Crippen molar-refractivity contribution in [3.05, 3.63) is 95.0 Å². The van der Waals surface area contributed by atoms with Gasteiger partial charge in [0.2, 0.25) is 5.78 Å². The van der Waals surface area contributed by atoms with Gasteiger partial charge in [0.15, 0.2) is 5.13 Å².